The molecule has 2 rings (SSSR count). The van der Waals surface area contributed by atoms with Gasteiger partial charge >= 0.3 is 0 Å². The zero-order chi connectivity index (χ0) is 12.3. The lowest BCUT2D eigenvalue weighted by Crippen LogP contribution is -2.37. The Morgan fingerprint density at radius 3 is 2.53 bits per heavy atom. The summed E-state index contributed by atoms with van der Waals surface area (Å²) in [6.45, 7) is 0.832. The highest BCUT2D eigenvalue weighted by atomic mass is 79.9. The maximum atomic E-state index is 12.4. The molecule has 0 saturated heterocycles. The minimum absolute atomic E-state index is 0.206. The molecule has 0 heterocycles. The van der Waals surface area contributed by atoms with Crippen LogP contribution in [0, 0.1) is 0 Å². The Kier molecular flexibility index (Phi) is 3.87. The molecule has 3 heteroatoms. The number of carbonyl (C=O) groups excluding carboxylic acids is 1. The molecule has 0 aliphatic heterocycles. The number of alkyl halides is 1. The number of hydrogen-bond acceptors (Lipinski definition) is 1. The number of nitrogens with zero attached hydrogens (tertiary/aromatic N) is 1. The van der Waals surface area contributed by atoms with Gasteiger partial charge < -0.3 is 4.90 Å². The summed E-state index contributed by atoms with van der Waals surface area (Å²) in [7, 11) is 1.91. The van der Waals surface area contributed by atoms with E-state index in [1.165, 1.54) is 5.56 Å². The minimum Gasteiger partial charge on any atom is -0.345 e. The van der Waals surface area contributed by atoms with Crippen molar-refractivity contribution in [1.29, 1.82) is 0 Å². The maximum absolute atomic E-state index is 12.4. The van der Waals surface area contributed by atoms with Gasteiger partial charge in [-0.05, 0) is 24.8 Å². The van der Waals surface area contributed by atoms with Crippen molar-refractivity contribution in [3.05, 3.63) is 35.9 Å². The topological polar surface area (TPSA) is 20.3 Å². The highest BCUT2D eigenvalue weighted by molar-refractivity contribution is 9.09. The van der Waals surface area contributed by atoms with Crippen molar-refractivity contribution in [3.63, 3.8) is 0 Å². The smallest absolute Gasteiger partial charge is 0.232 e. The number of carbonyl (C=O) groups is 1. The molecule has 1 amide bonds. The van der Waals surface area contributed by atoms with E-state index in [1.54, 1.807) is 0 Å². The summed E-state index contributed by atoms with van der Waals surface area (Å²) < 4.78 is 0. The van der Waals surface area contributed by atoms with Crippen molar-refractivity contribution in [3.8, 4) is 0 Å². The van der Waals surface area contributed by atoms with E-state index < -0.39 is 0 Å². The standard InChI is InChI=1S/C14H18BrNO/c1-16(11-5-10-15)13(17)14(8-9-14)12-6-3-2-4-7-12/h2-4,6-7H,5,8-11H2,1H3. The number of rotatable bonds is 5. The molecule has 1 aliphatic rings. The Morgan fingerprint density at radius 1 is 1.35 bits per heavy atom. The van der Waals surface area contributed by atoms with E-state index >= 15 is 0 Å². The molecule has 0 N–H and O–H groups in total. The first-order chi connectivity index (χ1) is 8.20. The van der Waals surface area contributed by atoms with Crippen LogP contribution in [0.15, 0.2) is 30.3 Å². The van der Waals surface area contributed by atoms with Crippen molar-refractivity contribution in [2.75, 3.05) is 18.9 Å². The molecule has 1 aromatic carbocycles. The zero-order valence-corrected chi connectivity index (χ0v) is 11.7. The van der Waals surface area contributed by atoms with Gasteiger partial charge in [0.1, 0.15) is 0 Å². The van der Waals surface area contributed by atoms with Gasteiger partial charge in [0.2, 0.25) is 5.91 Å². The number of hydrogen-bond donors (Lipinski definition) is 0. The highest BCUT2D eigenvalue weighted by Crippen LogP contribution is 2.49. The van der Waals surface area contributed by atoms with Crippen molar-refractivity contribution < 1.29 is 4.79 Å². The molecular formula is C14H18BrNO. The molecule has 1 aromatic rings. The van der Waals surface area contributed by atoms with Gasteiger partial charge in [-0.25, -0.2) is 0 Å². The third kappa shape index (κ3) is 2.54. The average molecular weight is 296 g/mol. The molecule has 1 saturated carbocycles. The van der Waals surface area contributed by atoms with E-state index in [2.05, 4.69) is 28.1 Å². The lowest BCUT2D eigenvalue weighted by atomic mass is 9.94. The molecule has 0 aromatic heterocycles. The summed E-state index contributed by atoms with van der Waals surface area (Å²) in [5.74, 6) is 0.282. The van der Waals surface area contributed by atoms with Crippen molar-refractivity contribution in [2.24, 2.45) is 0 Å². The second kappa shape index (κ2) is 5.21. The fraction of sp³-hybridized carbons (Fsp3) is 0.500. The SMILES string of the molecule is CN(CCCBr)C(=O)C1(c2ccccc2)CC1. The summed E-state index contributed by atoms with van der Waals surface area (Å²) in [4.78, 5) is 14.3. The molecule has 0 spiro atoms. The fourth-order valence-corrected chi connectivity index (χ4v) is 2.52. The first-order valence-electron chi connectivity index (χ1n) is 6.08. The first-order valence-corrected chi connectivity index (χ1v) is 7.20. The number of halogens is 1. The molecule has 1 fully saturated rings. The molecule has 92 valence electrons. The van der Waals surface area contributed by atoms with Crippen LogP contribution in [0.3, 0.4) is 0 Å². The van der Waals surface area contributed by atoms with Crippen LogP contribution in [0.5, 0.6) is 0 Å². The average Bonchev–Trinajstić information content (AvgIpc) is 3.17. The van der Waals surface area contributed by atoms with E-state index in [-0.39, 0.29) is 11.3 Å². The van der Waals surface area contributed by atoms with Gasteiger partial charge in [0, 0.05) is 18.9 Å². The fourth-order valence-electron chi connectivity index (χ4n) is 2.27. The highest BCUT2D eigenvalue weighted by Gasteiger charge is 2.52. The molecule has 0 unspecified atom stereocenters. The number of likely N-dealkylation sites (N-methyl/N-ethyl adjacent to an activating group) is 1. The zero-order valence-electron chi connectivity index (χ0n) is 10.2. The van der Waals surface area contributed by atoms with Crippen molar-refractivity contribution in [1.82, 2.24) is 4.90 Å². The van der Waals surface area contributed by atoms with E-state index in [1.807, 2.05) is 30.1 Å². The lowest BCUT2D eigenvalue weighted by Gasteiger charge is -2.23. The minimum atomic E-state index is -0.206. The van der Waals surface area contributed by atoms with Crippen LogP contribution in [-0.4, -0.2) is 29.7 Å². The Labute approximate surface area is 111 Å². The predicted molar refractivity (Wildman–Crippen MR) is 73.4 cm³/mol. The van der Waals surface area contributed by atoms with E-state index in [4.69, 9.17) is 0 Å². The molecule has 2 nitrogen and oxygen atoms in total. The van der Waals surface area contributed by atoms with Gasteiger partial charge in [-0.2, -0.15) is 0 Å². The molecular weight excluding hydrogens is 278 g/mol. The van der Waals surface area contributed by atoms with Crippen LogP contribution in [0.25, 0.3) is 0 Å². The van der Waals surface area contributed by atoms with Crippen LogP contribution in [0.2, 0.25) is 0 Å². The van der Waals surface area contributed by atoms with E-state index in [0.717, 1.165) is 31.1 Å². The van der Waals surface area contributed by atoms with Gasteiger partial charge in [-0.1, -0.05) is 46.3 Å². The predicted octanol–water partition coefficient (Wildman–Crippen LogP) is 2.96. The lowest BCUT2D eigenvalue weighted by molar-refractivity contribution is -0.132. The monoisotopic (exact) mass is 295 g/mol. The Bertz CT molecular complexity index is 386. The van der Waals surface area contributed by atoms with Crippen LogP contribution in [0.1, 0.15) is 24.8 Å². The second-order valence-electron chi connectivity index (χ2n) is 4.72. The summed E-state index contributed by atoms with van der Waals surface area (Å²) in [6.07, 6.45) is 3.00. The van der Waals surface area contributed by atoms with Crippen LogP contribution < -0.4 is 0 Å². The van der Waals surface area contributed by atoms with Crippen LogP contribution >= 0.6 is 15.9 Å². The molecule has 0 atom stereocenters. The van der Waals surface area contributed by atoms with Gasteiger partial charge in [-0.15, -0.1) is 0 Å². The van der Waals surface area contributed by atoms with Crippen molar-refractivity contribution >= 4 is 21.8 Å². The Hall–Kier alpha value is -0.830. The van der Waals surface area contributed by atoms with Gasteiger partial charge in [0.25, 0.3) is 0 Å². The second-order valence-corrected chi connectivity index (χ2v) is 5.51. The van der Waals surface area contributed by atoms with Gasteiger partial charge in [0.05, 0.1) is 5.41 Å². The van der Waals surface area contributed by atoms with Crippen LogP contribution in [-0.2, 0) is 10.2 Å². The summed E-state index contributed by atoms with van der Waals surface area (Å²) in [5.41, 5.74) is 0.971. The summed E-state index contributed by atoms with van der Waals surface area (Å²) in [5, 5.41) is 0.947. The summed E-state index contributed by atoms with van der Waals surface area (Å²) >= 11 is 3.40. The van der Waals surface area contributed by atoms with Gasteiger partial charge in [0.15, 0.2) is 0 Å². The molecule has 0 bridgehead atoms. The molecule has 1 aliphatic carbocycles. The number of benzene rings is 1. The number of amides is 1. The third-order valence-electron chi connectivity index (χ3n) is 3.46. The Balaban J connectivity index is 2.09. The third-order valence-corrected chi connectivity index (χ3v) is 4.02. The maximum Gasteiger partial charge on any atom is 0.232 e. The van der Waals surface area contributed by atoms with E-state index in [0.29, 0.717) is 0 Å². The quantitative estimate of drug-likeness (QED) is 0.765. The van der Waals surface area contributed by atoms with Crippen molar-refractivity contribution in [2.45, 2.75) is 24.7 Å². The normalized spacial score (nSPS) is 16.6. The molecule has 17 heavy (non-hydrogen) atoms. The van der Waals surface area contributed by atoms with Gasteiger partial charge in [-0.3, -0.25) is 4.79 Å². The molecule has 0 radical (unpaired) electrons. The van der Waals surface area contributed by atoms with Crippen LogP contribution in [0.4, 0.5) is 0 Å². The largest absolute Gasteiger partial charge is 0.345 e. The summed E-state index contributed by atoms with van der Waals surface area (Å²) in [6, 6.07) is 10.2. The van der Waals surface area contributed by atoms with E-state index in [9.17, 15) is 4.79 Å². The first kappa shape index (κ1) is 12.6. The Morgan fingerprint density at radius 2 is 2.00 bits per heavy atom.